The molecule has 1 fully saturated rings. The van der Waals surface area contributed by atoms with Crippen molar-refractivity contribution in [1.82, 2.24) is 15.1 Å². The van der Waals surface area contributed by atoms with E-state index in [1.165, 1.54) is 23.3 Å². The van der Waals surface area contributed by atoms with Gasteiger partial charge in [0.05, 0.1) is 9.79 Å². The lowest BCUT2D eigenvalue weighted by molar-refractivity contribution is -0.384. The molecule has 33 heavy (non-hydrogen) atoms. The van der Waals surface area contributed by atoms with Crippen molar-refractivity contribution in [1.29, 1.82) is 0 Å². The molecule has 168 valence electrons. The second kappa shape index (κ2) is 7.66. The van der Waals surface area contributed by atoms with Crippen molar-refractivity contribution in [2.24, 2.45) is 0 Å². The Hall–Kier alpha value is -3.26. The molecular weight excluding hydrogens is 434 g/mol. The van der Waals surface area contributed by atoms with E-state index in [1.54, 1.807) is 12.1 Å². The monoisotopic (exact) mass is 459 g/mol. The summed E-state index contributed by atoms with van der Waals surface area (Å²) in [5.41, 5.74) is 4.61. The van der Waals surface area contributed by atoms with Crippen LogP contribution in [0.2, 0.25) is 0 Å². The van der Waals surface area contributed by atoms with Gasteiger partial charge in [-0.25, -0.2) is 0 Å². The van der Waals surface area contributed by atoms with Crippen molar-refractivity contribution in [2.45, 2.75) is 49.9 Å². The lowest BCUT2D eigenvalue weighted by atomic mass is 9.88. The van der Waals surface area contributed by atoms with Gasteiger partial charge in [-0.2, -0.15) is 5.10 Å². The summed E-state index contributed by atoms with van der Waals surface area (Å²) < 4.78 is 0. The van der Waals surface area contributed by atoms with Gasteiger partial charge < -0.3 is 10.2 Å². The number of aryl methyl sites for hydroxylation is 1. The molecule has 0 bridgehead atoms. The number of nitro groups is 1. The van der Waals surface area contributed by atoms with E-state index in [4.69, 9.17) is 0 Å². The Balaban J connectivity index is 1.48. The van der Waals surface area contributed by atoms with Gasteiger partial charge in [-0.15, -0.1) is 0 Å². The quantitative estimate of drug-likeness (QED) is 0.375. The molecule has 3 aliphatic rings. The minimum absolute atomic E-state index is 0.000877. The highest BCUT2D eigenvalue weighted by molar-refractivity contribution is 8.04. The van der Waals surface area contributed by atoms with Crippen LogP contribution in [-0.2, 0) is 6.54 Å². The summed E-state index contributed by atoms with van der Waals surface area (Å²) in [4.78, 5) is 14.8. The maximum Gasteiger partial charge on any atom is 0.269 e. The third-order valence-electron chi connectivity index (χ3n) is 7.08. The van der Waals surface area contributed by atoms with Gasteiger partial charge in [0.15, 0.2) is 5.82 Å². The van der Waals surface area contributed by atoms with Gasteiger partial charge in [-0.05, 0) is 30.9 Å². The number of nitrogens with zero attached hydrogens (tertiary/aromatic N) is 3. The van der Waals surface area contributed by atoms with Crippen molar-refractivity contribution < 1.29 is 4.92 Å². The number of nitrogens with one attached hydrogen (secondary N) is 2. The van der Waals surface area contributed by atoms with Crippen molar-refractivity contribution in [3.8, 4) is 0 Å². The Bertz CT molecular complexity index is 1250. The van der Waals surface area contributed by atoms with Gasteiger partial charge in [0.25, 0.3) is 5.69 Å². The second-order valence-corrected chi connectivity index (χ2v) is 10.5. The fraction of sp³-hybridized carbons (Fsp3) is 0.320. The summed E-state index contributed by atoms with van der Waals surface area (Å²) >= 11 is 1.99. The smallest absolute Gasteiger partial charge is 0.269 e. The van der Waals surface area contributed by atoms with Gasteiger partial charge in [0.2, 0.25) is 0 Å². The molecule has 1 atom stereocenters. The first-order valence-electron chi connectivity index (χ1n) is 11.4. The number of hydrogen-bond donors (Lipinski definition) is 2. The number of fused-ring (bicyclic) bond motifs is 1. The summed E-state index contributed by atoms with van der Waals surface area (Å²) in [6, 6.07) is 17.6. The zero-order chi connectivity index (χ0) is 22.6. The van der Waals surface area contributed by atoms with Gasteiger partial charge in [-0.1, -0.05) is 67.1 Å². The Morgan fingerprint density at radius 3 is 2.58 bits per heavy atom. The van der Waals surface area contributed by atoms with Crippen LogP contribution in [-0.4, -0.2) is 24.9 Å². The van der Waals surface area contributed by atoms with E-state index >= 15 is 0 Å². The van der Waals surface area contributed by atoms with E-state index in [0.717, 1.165) is 47.8 Å². The van der Waals surface area contributed by atoms with Gasteiger partial charge in [0, 0.05) is 40.8 Å². The second-order valence-electron chi connectivity index (χ2n) is 9.06. The maximum absolute atomic E-state index is 11.2. The van der Waals surface area contributed by atoms with Gasteiger partial charge in [-0.3, -0.25) is 15.2 Å². The van der Waals surface area contributed by atoms with Crippen molar-refractivity contribution in [2.75, 3.05) is 5.32 Å². The molecule has 7 nitrogen and oxygen atoms in total. The van der Waals surface area contributed by atoms with E-state index < -0.39 is 0 Å². The molecule has 0 radical (unpaired) electrons. The predicted octanol–water partition coefficient (Wildman–Crippen LogP) is 5.87. The highest BCUT2D eigenvalue weighted by Gasteiger charge is 2.52. The van der Waals surface area contributed by atoms with Crippen LogP contribution in [0.4, 0.5) is 11.5 Å². The van der Waals surface area contributed by atoms with Crippen LogP contribution >= 0.6 is 11.8 Å². The zero-order valence-electron chi connectivity index (χ0n) is 18.4. The van der Waals surface area contributed by atoms with Crippen LogP contribution < -0.4 is 5.32 Å². The minimum Gasteiger partial charge on any atom is -0.338 e. The van der Waals surface area contributed by atoms with E-state index in [0.29, 0.717) is 0 Å². The number of non-ortho nitro benzene ring substituents is 1. The Kier molecular flexibility index (Phi) is 4.72. The predicted molar refractivity (Wildman–Crippen MR) is 130 cm³/mol. The van der Waals surface area contributed by atoms with Gasteiger partial charge >= 0.3 is 0 Å². The number of thioether (sulfide) groups is 1. The lowest BCUT2D eigenvalue weighted by Crippen LogP contribution is -2.41. The SMILES string of the molecule is Cc1[nH]nc2c1C(c1ccc([N+](=O)[O-])cc1)C1=C(N2)N(Cc2ccccc2)C2(CCCC2)S1. The highest BCUT2D eigenvalue weighted by Crippen LogP contribution is 2.61. The number of allylic oxidation sites excluding steroid dienone is 1. The third kappa shape index (κ3) is 3.23. The Labute approximate surface area is 196 Å². The Morgan fingerprint density at radius 1 is 1.15 bits per heavy atom. The maximum atomic E-state index is 11.2. The number of nitro benzene ring substituents is 1. The molecule has 3 aromatic rings. The summed E-state index contributed by atoms with van der Waals surface area (Å²) in [5, 5.41) is 22.6. The van der Waals surface area contributed by atoms with E-state index in [1.807, 2.05) is 30.8 Å². The van der Waals surface area contributed by atoms with Crippen LogP contribution in [0.5, 0.6) is 0 Å². The molecule has 2 aliphatic heterocycles. The molecule has 0 amide bonds. The van der Waals surface area contributed by atoms with Crippen LogP contribution in [0.25, 0.3) is 0 Å². The molecule has 1 aliphatic carbocycles. The number of H-pyrrole nitrogens is 1. The number of hydrogen-bond acceptors (Lipinski definition) is 6. The van der Waals surface area contributed by atoms with E-state index in [2.05, 4.69) is 50.7 Å². The molecular formula is C25H25N5O2S. The zero-order valence-corrected chi connectivity index (χ0v) is 19.2. The molecule has 2 aromatic carbocycles. The number of benzene rings is 2. The van der Waals surface area contributed by atoms with E-state index in [9.17, 15) is 10.1 Å². The highest BCUT2D eigenvalue weighted by atomic mass is 32.2. The van der Waals surface area contributed by atoms with Crippen molar-refractivity contribution >= 4 is 23.3 Å². The molecule has 2 N–H and O–H groups in total. The van der Waals surface area contributed by atoms with Crippen molar-refractivity contribution in [3.63, 3.8) is 0 Å². The topological polar surface area (TPSA) is 87.1 Å². The molecule has 1 spiro atoms. The number of aromatic nitrogens is 2. The first-order chi connectivity index (χ1) is 16.1. The average Bonchev–Trinajstić information content (AvgIpc) is 3.53. The summed E-state index contributed by atoms with van der Waals surface area (Å²) in [7, 11) is 0. The van der Waals surface area contributed by atoms with Crippen LogP contribution in [0.3, 0.4) is 0 Å². The average molecular weight is 460 g/mol. The molecule has 1 aromatic heterocycles. The normalized spacial score (nSPS) is 20.6. The van der Waals surface area contributed by atoms with E-state index in [-0.39, 0.29) is 21.4 Å². The molecule has 1 unspecified atom stereocenters. The third-order valence-corrected chi connectivity index (χ3v) is 8.74. The Morgan fingerprint density at radius 2 is 1.88 bits per heavy atom. The summed E-state index contributed by atoms with van der Waals surface area (Å²) in [6.45, 7) is 2.88. The molecule has 8 heteroatoms. The fourth-order valence-corrected chi connectivity index (χ4v) is 7.29. The van der Waals surface area contributed by atoms with Crippen LogP contribution in [0.1, 0.15) is 54.0 Å². The first kappa shape index (κ1) is 20.4. The first-order valence-corrected chi connectivity index (χ1v) is 12.2. The standard InChI is InChI=1S/C25H25N5O2S/c1-16-20-21(18-9-11-19(12-10-18)30(31)32)22-24(26-23(20)28-27-16)29(15-17-7-3-2-4-8-17)25(33-22)13-5-6-14-25/h2-4,7-12,21H,5-6,13-15H2,1H3,(H2,26,27,28). The number of aromatic amines is 1. The number of anilines is 1. The molecule has 1 saturated carbocycles. The fourth-order valence-electron chi connectivity index (χ4n) is 5.49. The molecule has 3 heterocycles. The summed E-state index contributed by atoms with van der Waals surface area (Å²) in [5.74, 6) is 1.98. The van der Waals surface area contributed by atoms with Crippen molar-refractivity contribution in [3.05, 3.63) is 97.8 Å². The van der Waals surface area contributed by atoms with Crippen LogP contribution in [0, 0.1) is 17.0 Å². The van der Waals surface area contributed by atoms with Crippen LogP contribution in [0.15, 0.2) is 65.3 Å². The largest absolute Gasteiger partial charge is 0.338 e. The van der Waals surface area contributed by atoms with Gasteiger partial charge in [0.1, 0.15) is 5.82 Å². The lowest BCUT2D eigenvalue weighted by Gasteiger charge is -2.38. The number of rotatable bonds is 4. The molecule has 0 saturated heterocycles. The summed E-state index contributed by atoms with van der Waals surface area (Å²) in [6.07, 6.45) is 4.75. The minimum atomic E-state index is -0.342. The molecule has 6 rings (SSSR count).